The van der Waals surface area contributed by atoms with Crippen molar-refractivity contribution in [3.05, 3.63) is 60.2 Å². The molecule has 0 radical (unpaired) electrons. The first-order valence-electron chi connectivity index (χ1n) is 5.67. The molecule has 1 aliphatic carbocycles. The summed E-state index contributed by atoms with van der Waals surface area (Å²) in [4.78, 5) is 0. The summed E-state index contributed by atoms with van der Waals surface area (Å²) in [6.45, 7) is 0. The molecule has 3 rings (SSSR count). The minimum atomic E-state index is -0.563. The highest BCUT2D eigenvalue weighted by Gasteiger charge is 2.43. The third kappa shape index (κ3) is 1.54. The summed E-state index contributed by atoms with van der Waals surface area (Å²) in [7, 11) is 0. The van der Waals surface area contributed by atoms with Gasteiger partial charge in [0.1, 0.15) is 0 Å². The fourth-order valence-electron chi connectivity index (χ4n) is 2.15. The second-order valence-corrected chi connectivity index (χ2v) is 4.44. The lowest BCUT2D eigenvalue weighted by molar-refractivity contribution is 0.152. The van der Waals surface area contributed by atoms with Crippen LogP contribution in [0.1, 0.15) is 18.4 Å². The van der Waals surface area contributed by atoms with Crippen molar-refractivity contribution in [3.8, 4) is 11.1 Å². The van der Waals surface area contributed by atoms with E-state index >= 15 is 0 Å². The van der Waals surface area contributed by atoms with Gasteiger partial charge in [-0.15, -0.1) is 0 Å². The first-order valence-corrected chi connectivity index (χ1v) is 5.67. The molecule has 2 aromatic carbocycles. The number of hydrogen-bond acceptors (Lipinski definition) is 1. The Morgan fingerprint density at radius 3 is 2.12 bits per heavy atom. The van der Waals surface area contributed by atoms with Crippen molar-refractivity contribution in [2.24, 2.45) is 0 Å². The van der Waals surface area contributed by atoms with E-state index in [0.29, 0.717) is 0 Å². The van der Waals surface area contributed by atoms with Crippen LogP contribution in [0, 0.1) is 0 Å². The Hall–Kier alpha value is -1.60. The number of hydrogen-bond donors (Lipinski definition) is 1. The van der Waals surface area contributed by atoms with E-state index < -0.39 is 5.60 Å². The van der Waals surface area contributed by atoms with Crippen molar-refractivity contribution < 1.29 is 5.11 Å². The Balaban J connectivity index is 2.14. The molecule has 0 amide bonds. The highest BCUT2D eigenvalue weighted by Crippen LogP contribution is 2.48. The first-order chi connectivity index (χ1) is 7.80. The Labute approximate surface area is 95.4 Å². The maximum absolute atomic E-state index is 10.2. The second-order valence-electron chi connectivity index (χ2n) is 4.44. The molecule has 1 saturated carbocycles. The molecule has 0 spiro atoms. The molecule has 2 aromatic rings. The summed E-state index contributed by atoms with van der Waals surface area (Å²) in [6, 6.07) is 18.4. The maximum Gasteiger partial charge on any atom is 0.0904 e. The van der Waals surface area contributed by atoms with Gasteiger partial charge >= 0.3 is 0 Å². The standard InChI is InChI=1S/C15H14O/c16-15(10-11-15)14-9-5-4-8-13(14)12-6-2-1-3-7-12/h1-9,16H,10-11H2. The van der Waals surface area contributed by atoms with Crippen LogP contribution in [0.5, 0.6) is 0 Å². The normalized spacial score (nSPS) is 17.1. The van der Waals surface area contributed by atoms with Gasteiger partial charge in [0.25, 0.3) is 0 Å². The average molecular weight is 210 g/mol. The van der Waals surface area contributed by atoms with Gasteiger partial charge in [-0.2, -0.15) is 0 Å². The molecule has 0 aromatic heterocycles. The SMILES string of the molecule is OC1(c2ccccc2-c2ccccc2)CC1. The molecule has 80 valence electrons. The molecule has 0 atom stereocenters. The second kappa shape index (κ2) is 3.46. The quantitative estimate of drug-likeness (QED) is 0.806. The third-order valence-electron chi connectivity index (χ3n) is 3.24. The zero-order valence-electron chi connectivity index (χ0n) is 9.06. The van der Waals surface area contributed by atoms with Crippen molar-refractivity contribution in [2.45, 2.75) is 18.4 Å². The number of rotatable bonds is 2. The highest BCUT2D eigenvalue weighted by atomic mass is 16.3. The lowest BCUT2D eigenvalue weighted by atomic mass is 9.95. The molecule has 0 unspecified atom stereocenters. The van der Waals surface area contributed by atoms with Gasteiger partial charge in [0.2, 0.25) is 0 Å². The molecule has 0 aliphatic heterocycles. The fraction of sp³-hybridized carbons (Fsp3) is 0.200. The van der Waals surface area contributed by atoms with Gasteiger partial charge in [-0.1, -0.05) is 54.6 Å². The van der Waals surface area contributed by atoms with Crippen LogP contribution in [-0.2, 0) is 5.60 Å². The van der Waals surface area contributed by atoms with Crippen LogP contribution in [0.2, 0.25) is 0 Å². The lowest BCUT2D eigenvalue weighted by Crippen LogP contribution is -2.05. The largest absolute Gasteiger partial charge is 0.385 e. The van der Waals surface area contributed by atoms with E-state index in [1.807, 2.05) is 36.4 Å². The van der Waals surface area contributed by atoms with Gasteiger partial charge in [0.15, 0.2) is 0 Å². The summed E-state index contributed by atoms with van der Waals surface area (Å²) < 4.78 is 0. The average Bonchev–Trinajstić information content (AvgIpc) is 3.10. The van der Waals surface area contributed by atoms with Gasteiger partial charge < -0.3 is 5.11 Å². The zero-order valence-corrected chi connectivity index (χ0v) is 9.06. The Kier molecular flexibility index (Phi) is 2.08. The maximum atomic E-state index is 10.2. The molecule has 0 bridgehead atoms. The Morgan fingerprint density at radius 2 is 1.44 bits per heavy atom. The fourth-order valence-corrected chi connectivity index (χ4v) is 2.15. The van der Waals surface area contributed by atoms with Crippen LogP contribution in [0.3, 0.4) is 0 Å². The number of aliphatic hydroxyl groups is 1. The topological polar surface area (TPSA) is 20.2 Å². The lowest BCUT2D eigenvalue weighted by Gasteiger charge is -2.14. The van der Waals surface area contributed by atoms with Gasteiger partial charge in [-0.25, -0.2) is 0 Å². The predicted molar refractivity (Wildman–Crippen MR) is 65.0 cm³/mol. The van der Waals surface area contributed by atoms with Gasteiger partial charge in [0, 0.05) is 0 Å². The summed E-state index contributed by atoms with van der Waals surface area (Å²) in [5, 5.41) is 10.2. The Bertz CT molecular complexity index is 498. The molecule has 0 heterocycles. The van der Waals surface area contributed by atoms with E-state index in [9.17, 15) is 5.11 Å². The van der Waals surface area contributed by atoms with E-state index in [2.05, 4.69) is 18.2 Å². The monoisotopic (exact) mass is 210 g/mol. The predicted octanol–water partition coefficient (Wildman–Crippen LogP) is 3.34. The van der Waals surface area contributed by atoms with E-state index in [1.165, 1.54) is 5.56 Å². The molecule has 1 fully saturated rings. The molecule has 0 saturated heterocycles. The van der Waals surface area contributed by atoms with Crippen LogP contribution in [0.4, 0.5) is 0 Å². The van der Waals surface area contributed by atoms with Crippen LogP contribution in [-0.4, -0.2) is 5.11 Å². The zero-order chi connectivity index (χ0) is 11.0. The molecule has 1 N–H and O–H groups in total. The smallest absolute Gasteiger partial charge is 0.0904 e. The molecule has 1 aliphatic rings. The highest BCUT2D eigenvalue weighted by molar-refractivity contribution is 5.69. The minimum absolute atomic E-state index is 0.563. The Morgan fingerprint density at radius 1 is 0.812 bits per heavy atom. The van der Waals surface area contributed by atoms with Crippen molar-refractivity contribution >= 4 is 0 Å². The van der Waals surface area contributed by atoms with Gasteiger partial charge in [-0.05, 0) is 29.5 Å². The van der Waals surface area contributed by atoms with Gasteiger partial charge in [-0.3, -0.25) is 0 Å². The number of benzene rings is 2. The van der Waals surface area contributed by atoms with Crippen molar-refractivity contribution in [1.82, 2.24) is 0 Å². The molecule has 1 nitrogen and oxygen atoms in total. The van der Waals surface area contributed by atoms with Crippen molar-refractivity contribution in [1.29, 1.82) is 0 Å². The van der Waals surface area contributed by atoms with E-state index in [4.69, 9.17) is 0 Å². The minimum Gasteiger partial charge on any atom is -0.385 e. The summed E-state index contributed by atoms with van der Waals surface area (Å²) in [5.41, 5.74) is 2.84. The van der Waals surface area contributed by atoms with E-state index in [1.54, 1.807) is 0 Å². The molecule has 16 heavy (non-hydrogen) atoms. The van der Waals surface area contributed by atoms with Crippen LogP contribution >= 0.6 is 0 Å². The van der Waals surface area contributed by atoms with Crippen LogP contribution in [0.15, 0.2) is 54.6 Å². The van der Waals surface area contributed by atoms with Crippen molar-refractivity contribution in [2.75, 3.05) is 0 Å². The van der Waals surface area contributed by atoms with E-state index in [-0.39, 0.29) is 0 Å². The third-order valence-corrected chi connectivity index (χ3v) is 3.24. The van der Waals surface area contributed by atoms with Gasteiger partial charge in [0.05, 0.1) is 5.60 Å². The summed E-state index contributed by atoms with van der Waals surface area (Å²) in [6.07, 6.45) is 1.77. The van der Waals surface area contributed by atoms with Crippen LogP contribution < -0.4 is 0 Å². The first kappa shape index (κ1) is 9.61. The molecule has 1 heteroatoms. The summed E-state index contributed by atoms with van der Waals surface area (Å²) in [5.74, 6) is 0. The van der Waals surface area contributed by atoms with Crippen LogP contribution in [0.25, 0.3) is 11.1 Å². The summed E-state index contributed by atoms with van der Waals surface area (Å²) >= 11 is 0. The molecular formula is C15H14O. The van der Waals surface area contributed by atoms with Crippen molar-refractivity contribution in [3.63, 3.8) is 0 Å². The van der Waals surface area contributed by atoms with E-state index in [0.717, 1.165) is 24.0 Å². The molecular weight excluding hydrogens is 196 g/mol.